The van der Waals surface area contributed by atoms with Crippen LogP contribution < -0.4 is 11.3 Å². The molecule has 0 saturated heterocycles. The van der Waals surface area contributed by atoms with E-state index in [1.165, 1.54) is 11.8 Å². The van der Waals surface area contributed by atoms with E-state index in [1.807, 2.05) is 42.6 Å². The van der Waals surface area contributed by atoms with Gasteiger partial charge in [-0.1, -0.05) is 31.7 Å². The maximum Gasteiger partial charge on any atom is 0.247 e. The maximum atomic E-state index is 11.7. The van der Waals surface area contributed by atoms with Crippen molar-refractivity contribution < 1.29 is 4.79 Å². The zero-order valence-electron chi connectivity index (χ0n) is 10.2. The van der Waals surface area contributed by atoms with Crippen LogP contribution in [-0.2, 0) is 4.79 Å². The van der Waals surface area contributed by atoms with Crippen molar-refractivity contribution in [1.29, 1.82) is 0 Å². The lowest BCUT2D eigenvalue weighted by molar-refractivity contribution is -0.121. The number of amides is 1. The number of hydrazine groups is 1. The summed E-state index contributed by atoms with van der Waals surface area (Å²) < 4.78 is 1.85. The van der Waals surface area contributed by atoms with Gasteiger partial charge >= 0.3 is 0 Å². The third kappa shape index (κ3) is 2.46. The lowest BCUT2D eigenvalue weighted by Gasteiger charge is -2.16. The topological polar surface area (TPSA) is 85.3 Å². The van der Waals surface area contributed by atoms with Crippen molar-refractivity contribution in [3.8, 4) is 0 Å². The number of fused-ring (bicyclic) bond motifs is 1. The Labute approximate surface area is 109 Å². The first-order chi connectivity index (χ1) is 8.63. The van der Waals surface area contributed by atoms with Crippen LogP contribution in [0, 0.1) is 5.92 Å². The Morgan fingerprint density at radius 3 is 2.89 bits per heavy atom. The van der Waals surface area contributed by atoms with Crippen LogP contribution in [0.1, 0.15) is 13.8 Å². The van der Waals surface area contributed by atoms with Gasteiger partial charge in [0.1, 0.15) is 0 Å². The lowest BCUT2D eigenvalue weighted by atomic mass is 10.1. The number of aromatic nitrogens is 3. The average molecular weight is 265 g/mol. The molecule has 0 aliphatic heterocycles. The van der Waals surface area contributed by atoms with Gasteiger partial charge in [0.2, 0.25) is 5.91 Å². The highest BCUT2D eigenvalue weighted by atomic mass is 32.2. The number of carbonyl (C=O) groups excluding carboxylic acids is 1. The van der Waals surface area contributed by atoms with Gasteiger partial charge in [-0.15, -0.1) is 10.2 Å². The normalized spacial score (nSPS) is 12.9. The van der Waals surface area contributed by atoms with E-state index >= 15 is 0 Å². The molecule has 1 amide bonds. The Morgan fingerprint density at radius 1 is 1.44 bits per heavy atom. The van der Waals surface area contributed by atoms with E-state index in [0.29, 0.717) is 5.16 Å². The van der Waals surface area contributed by atoms with Gasteiger partial charge in [-0.05, 0) is 18.1 Å². The molecule has 2 rings (SSSR count). The second-order valence-electron chi connectivity index (χ2n) is 4.20. The van der Waals surface area contributed by atoms with Crippen LogP contribution in [0.15, 0.2) is 29.6 Å². The van der Waals surface area contributed by atoms with Crippen LogP contribution in [0.25, 0.3) is 5.65 Å². The second kappa shape index (κ2) is 5.36. The molecule has 96 valence electrons. The van der Waals surface area contributed by atoms with Gasteiger partial charge in [0, 0.05) is 6.20 Å². The number of nitrogens with one attached hydrogen (secondary N) is 1. The summed E-state index contributed by atoms with van der Waals surface area (Å²) in [7, 11) is 0. The van der Waals surface area contributed by atoms with Crippen molar-refractivity contribution in [2.75, 3.05) is 0 Å². The third-order valence-electron chi connectivity index (χ3n) is 2.52. The fourth-order valence-corrected chi connectivity index (χ4v) is 2.62. The monoisotopic (exact) mass is 265 g/mol. The Balaban J connectivity index is 2.29. The standard InChI is InChI=1S/C11H15N5OS/c1-7(2)9(10(17)13-12)18-11-15-14-8-5-3-4-6-16(8)11/h3-7,9H,12H2,1-2H3,(H,13,17). The molecule has 1 unspecified atom stereocenters. The SMILES string of the molecule is CC(C)C(Sc1nnc2ccccn12)C(=O)NN. The zero-order valence-corrected chi connectivity index (χ0v) is 11.0. The molecule has 0 spiro atoms. The van der Waals surface area contributed by atoms with Gasteiger partial charge in [-0.2, -0.15) is 0 Å². The number of hydrogen-bond donors (Lipinski definition) is 2. The van der Waals surface area contributed by atoms with Crippen LogP contribution in [0.3, 0.4) is 0 Å². The molecule has 7 heteroatoms. The minimum Gasteiger partial charge on any atom is -0.293 e. The van der Waals surface area contributed by atoms with Gasteiger partial charge in [-0.3, -0.25) is 14.6 Å². The van der Waals surface area contributed by atoms with E-state index in [4.69, 9.17) is 5.84 Å². The molecule has 18 heavy (non-hydrogen) atoms. The molecule has 6 nitrogen and oxygen atoms in total. The van der Waals surface area contributed by atoms with Gasteiger partial charge in [-0.25, -0.2) is 5.84 Å². The van der Waals surface area contributed by atoms with Crippen LogP contribution >= 0.6 is 11.8 Å². The van der Waals surface area contributed by atoms with Crippen molar-refractivity contribution in [3.05, 3.63) is 24.4 Å². The first kappa shape index (κ1) is 12.8. The van der Waals surface area contributed by atoms with Crippen molar-refractivity contribution >= 4 is 23.3 Å². The predicted octanol–water partition coefficient (Wildman–Crippen LogP) is 0.836. The summed E-state index contributed by atoms with van der Waals surface area (Å²) in [4.78, 5) is 11.7. The average Bonchev–Trinajstić information content (AvgIpc) is 2.78. The molecule has 3 N–H and O–H groups in total. The van der Waals surface area contributed by atoms with Gasteiger partial charge in [0.05, 0.1) is 5.25 Å². The summed E-state index contributed by atoms with van der Waals surface area (Å²) in [5.74, 6) is 5.14. The highest BCUT2D eigenvalue weighted by molar-refractivity contribution is 8.00. The van der Waals surface area contributed by atoms with Crippen molar-refractivity contribution in [3.63, 3.8) is 0 Å². The maximum absolute atomic E-state index is 11.7. The quantitative estimate of drug-likeness (QED) is 0.370. The van der Waals surface area contributed by atoms with Crippen molar-refractivity contribution in [1.82, 2.24) is 20.0 Å². The molecule has 2 aromatic heterocycles. The molecule has 0 bridgehead atoms. The minimum absolute atomic E-state index is 0.148. The van der Waals surface area contributed by atoms with Crippen LogP contribution in [0.2, 0.25) is 0 Å². The van der Waals surface area contributed by atoms with Gasteiger partial charge in [0.15, 0.2) is 10.8 Å². The van der Waals surface area contributed by atoms with Gasteiger partial charge in [0.25, 0.3) is 0 Å². The third-order valence-corrected chi connectivity index (χ3v) is 4.02. The van der Waals surface area contributed by atoms with E-state index in [-0.39, 0.29) is 17.1 Å². The van der Waals surface area contributed by atoms with E-state index in [0.717, 1.165) is 5.65 Å². The predicted molar refractivity (Wildman–Crippen MR) is 69.8 cm³/mol. The molecule has 2 aromatic rings. The van der Waals surface area contributed by atoms with Gasteiger partial charge < -0.3 is 0 Å². The number of hydrogen-bond acceptors (Lipinski definition) is 5. The molecule has 0 saturated carbocycles. The molecule has 0 aliphatic carbocycles. The minimum atomic E-state index is -0.289. The lowest BCUT2D eigenvalue weighted by Crippen LogP contribution is -2.40. The largest absolute Gasteiger partial charge is 0.293 e. The highest BCUT2D eigenvalue weighted by Crippen LogP contribution is 2.27. The number of nitrogens with zero attached hydrogens (tertiary/aromatic N) is 3. The zero-order chi connectivity index (χ0) is 13.1. The molecule has 0 radical (unpaired) electrons. The molecular formula is C11H15N5OS. The Hall–Kier alpha value is -1.60. The summed E-state index contributed by atoms with van der Waals surface area (Å²) in [6.07, 6.45) is 1.87. The van der Waals surface area contributed by atoms with Crippen molar-refractivity contribution in [2.24, 2.45) is 11.8 Å². The van der Waals surface area contributed by atoms with E-state index in [2.05, 4.69) is 15.6 Å². The summed E-state index contributed by atoms with van der Waals surface area (Å²) in [5, 5.41) is 8.53. The van der Waals surface area contributed by atoms with Crippen LogP contribution in [0.5, 0.6) is 0 Å². The number of thioether (sulfide) groups is 1. The first-order valence-electron chi connectivity index (χ1n) is 5.60. The summed E-state index contributed by atoms with van der Waals surface area (Å²) in [5.41, 5.74) is 2.95. The molecule has 0 aromatic carbocycles. The first-order valence-corrected chi connectivity index (χ1v) is 6.48. The highest BCUT2D eigenvalue weighted by Gasteiger charge is 2.24. The molecular weight excluding hydrogens is 250 g/mol. The molecule has 1 atom stereocenters. The smallest absolute Gasteiger partial charge is 0.247 e. The van der Waals surface area contributed by atoms with Crippen LogP contribution in [0.4, 0.5) is 0 Å². The van der Waals surface area contributed by atoms with E-state index in [1.54, 1.807) is 0 Å². The van der Waals surface area contributed by atoms with Crippen molar-refractivity contribution in [2.45, 2.75) is 24.3 Å². The number of nitrogens with two attached hydrogens (primary N) is 1. The Bertz CT molecular complexity index is 553. The van der Waals surface area contributed by atoms with E-state index in [9.17, 15) is 4.79 Å². The number of pyridine rings is 1. The summed E-state index contributed by atoms with van der Waals surface area (Å²) >= 11 is 1.36. The molecule has 2 heterocycles. The fraction of sp³-hybridized carbons (Fsp3) is 0.364. The Morgan fingerprint density at radius 2 is 2.22 bits per heavy atom. The van der Waals surface area contributed by atoms with Crippen LogP contribution in [-0.4, -0.2) is 25.8 Å². The number of rotatable bonds is 4. The Kier molecular flexibility index (Phi) is 3.83. The number of carbonyl (C=O) groups is 1. The van der Waals surface area contributed by atoms with E-state index < -0.39 is 0 Å². The summed E-state index contributed by atoms with van der Waals surface area (Å²) in [6, 6.07) is 5.66. The summed E-state index contributed by atoms with van der Waals surface area (Å²) in [6.45, 7) is 3.94. The fourth-order valence-electron chi connectivity index (χ4n) is 1.59. The molecule has 0 fully saturated rings. The molecule has 0 aliphatic rings. The second-order valence-corrected chi connectivity index (χ2v) is 5.31.